The summed E-state index contributed by atoms with van der Waals surface area (Å²) in [4.78, 5) is 16.0. The lowest BCUT2D eigenvalue weighted by atomic mass is 9.94. The number of aromatic nitrogens is 1. The van der Waals surface area contributed by atoms with E-state index in [-0.39, 0.29) is 11.7 Å². The van der Waals surface area contributed by atoms with Crippen molar-refractivity contribution in [2.24, 2.45) is 0 Å². The maximum Gasteiger partial charge on any atom is 0.235 e. The number of amides is 1. The Morgan fingerprint density at radius 3 is 2.79 bits per heavy atom. The van der Waals surface area contributed by atoms with Crippen LogP contribution >= 0.6 is 0 Å². The Morgan fingerprint density at radius 1 is 1.25 bits per heavy atom. The first-order valence-corrected chi connectivity index (χ1v) is 7.72. The molecule has 1 heterocycles. The molecule has 3 aromatic rings. The Kier molecular flexibility index (Phi) is 3.14. The van der Waals surface area contributed by atoms with Crippen molar-refractivity contribution >= 4 is 22.5 Å². The molecule has 0 bridgehead atoms. The third kappa shape index (κ3) is 2.16. The number of carbonyl (C=O) groups is 1. The van der Waals surface area contributed by atoms with E-state index in [1.807, 2.05) is 0 Å². The molecule has 1 saturated carbocycles. The number of fused-ring (bicyclic) bond motifs is 1. The van der Waals surface area contributed by atoms with Gasteiger partial charge in [-0.25, -0.2) is 4.39 Å². The Bertz CT molecular complexity index is 995. The van der Waals surface area contributed by atoms with Crippen molar-refractivity contribution in [1.82, 2.24) is 4.98 Å². The van der Waals surface area contributed by atoms with Crippen molar-refractivity contribution in [3.8, 4) is 6.07 Å². The van der Waals surface area contributed by atoms with Crippen LogP contribution in [0.1, 0.15) is 24.0 Å². The largest absolute Gasteiger partial charge is 0.361 e. The number of nitrogens with one attached hydrogen (secondary N) is 2. The van der Waals surface area contributed by atoms with Crippen molar-refractivity contribution in [3.05, 3.63) is 65.6 Å². The molecule has 2 N–H and O–H groups in total. The number of para-hydroxylation sites is 1. The highest BCUT2D eigenvalue weighted by Gasteiger charge is 2.52. The molecule has 0 atom stereocenters. The standard InChI is InChI=1S/C19H14FN3O/c20-13-5-6-17-14(9-13)15(11-22-17)19(7-8-19)18(24)23-16-4-2-1-3-12(16)10-21/h1-6,9,11,22H,7-8H2,(H,23,24). The van der Waals surface area contributed by atoms with Gasteiger partial charge in [-0.2, -0.15) is 5.26 Å². The Morgan fingerprint density at radius 2 is 2.04 bits per heavy atom. The van der Waals surface area contributed by atoms with Crippen LogP contribution in [0.3, 0.4) is 0 Å². The molecule has 0 radical (unpaired) electrons. The number of hydrogen-bond donors (Lipinski definition) is 2. The van der Waals surface area contributed by atoms with E-state index in [0.717, 1.165) is 16.5 Å². The van der Waals surface area contributed by atoms with E-state index in [0.29, 0.717) is 24.1 Å². The normalized spacial score (nSPS) is 15.0. The number of hydrogen-bond acceptors (Lipinski definition) is 2. The molecular formula is C19H14FN3O. The molecule has 1 amide bonds. The summed E-state index contributed by atoms with van der Waals surface area (Å²) >= 11 is 0. The first kappa shape index (κ1) is 14.5. The molecule has 0 spiro atoms. The maximum atomic E-state index is 13.6. The lowest BCUT2D eigenvalue weighted by molar-refractivity contribution is -0.118. The van der Waals surface area contributed by atoms with Gasteiger partial charge in [0.05, 0.1) is 16.7 Å². The molecular weight excluding hydrogens is 305 g/mol. The molecule has 1 aromatic heterocycles. The summed E-state index contributed by atoms with van der Waals surface area (Å²) in [6.45, 7) is 0. The number of nitrogens with zero attached hydrogens (tertiary/aromatic N) is 1. The summed E-state index contributed by atoms with van der Waals surface area (Å²) in [5.41, 5.74) is 1.88. The van der Waals surface area contributed by atoms with Gasteiger partial charge in [-0.3, -0.25) is 4.79 Å². The molecule has 24 heavy (non-hydrogen) atoms. The van der Waals surface area contributed by atoms with Crippen LogP contribution in [-0.4, -0.2) is 10.9 Å². The van der Waals surface area contributed by atoms with Gasteiger partial charge in [0.25, 0.3) is 0 Å². The first-order valence-electron chi connectivity index (χ1n) is 7.72. The highest BCUT2D eigenvalue weighted by Crippen LogP contribution is 2.51. The van der Waals surface area contributed by atoms with Gasteiger partial charge >= 0.3 is 0 Å². The van der Waals surface area contributed by atoms with Gasteiger partial charge in [-0.05, 0) is 48.7 Å². The summed E-state index contributed by atoms with van der Waals surface area (Å²) in [5.74, 6) is -0.482. The smallest absolute Gasteiger partial charge is 0.235 e. The topological polar surface area (TPSA) is 68.7 Å². The fourth-order valence-electron chi connectivity index (χ4n) is 3.16. The van der Waals surface area contributed by atoms with Crippen LogP contribution in [0.2, 0.25) is 0 Å². The zero-order chi connectivity index (χ0) is 16.7. The number of aromatic amines is 1. The van der Waals surface area contributed by atoms with Crippen LogP contribution in [-0.2, 0) is 10.2 Å². The molecule has 0 aliphatic heterocycles. The maximum absolute atomic E-state index is 13.6. The van der Waals surface area contributed by atoms with E-state index in [1.54, 1.807) is 36.5 Å². The molecule has 4 nitrogen and oxygen atoms in total. The molecule has 1 aliphatic carbocycles. The third-order valence-corrected chi connectivity index (χ3v) is 4.64. The third-order valence-electron chi connectivity index (χ3n) is 4.64. The SMILES string of the molecule is N#Cc1ccccc1NC(=O)C1(c2c[nH]c3ccc(F)cc23)CC1. The second-order valence-corrected chi connectivity index (χ2v) is 6.09. The summed E-state index contributed by atoms with van der Waals surface area (Å²) in [6, 6.07) is 13.5. The Balaban J connectivity index is 1.71. The van der Waals surface area contributed by atoms with E-state index < -0.39 is 5.41 Å². The van der Waals surface area contributed by atoms with Gasteiger partial charge in [0, 0.05) is 17.1 Å². The lowest BCUT2D eigenvalue weighted by Gasteiger charge is -2.15. The molecule has 1 fully saturated rings. The zero-order valence-electron chi connectivity index (χ0n) is 12.8. The summed E-state index contributed by atoms with van der Waals surface area (Å²) in [7, 11) is 0. The minimum absolute atomic E-state index is 0.157. The van der Waals surface area contributed by atoms with Gasteiger partial charge < -0.3 is 10.3 Å². The number of nitriles is 1. The van der Waals surface area contributed by atoms with Gasteiger partial charge in [0.15, 0.2) is 0 Å². The molecule has 0 saturated heterocycles. The number of H-pyrrole nitrogens is 1. The second-order valence-electron chi connectivity index (χ2n) is 6.09. The molecule has 2 aromatic carbocycles. The van der Waals surface area contributed by atoms with E-state index >= 15 is 0 Å². The highest BCUT2D eigenvalue weighted by molar-refractivity contribution is 6.05. The van der Waals surface area contributed by atoms with Crippen molar-refractivity contribution in [2.45, 2.75) is 18.3 Å². The predicted octanol–water partition coefficient (Wildman–Crippen LogP) is 3.85. The first-order chi connectivity index (χ1) is 11.6. The molecule has 0 unspecified atom stereocenters. The zero-order valence-corrected chi connectivity index (χ0v) is 12.8. The van der Waals surface area contributed by atoms with E-state index in [9.17, 15) is 9.18 Å². The molecule has 5 heteroatoms. The lowest BCUT2D eigenvalue weighted by Crippen LogP contribution is -2.28. The number of anilines is 1. The van der Waals surface area contributed by atoms with Gasteiger partial charge in [0.2, 0.25) is 5.91 Å². The summed E-state index contributed by atoms with van der Waals surface area (Å²) in [5, 5.41) is 12.8. The van der Waals surface area contributed by atoms with Gasteiger partial charge in [-0.1, -0.05) is 12.1 Å². The molecule has 1 aliphatic rings. The van der Waals surface area contributed by atoms with Crippen LogP contribution in [0.25, 0.3) is 10.9 Å². The summed E-state index contributed by atoms with van der Waals surface area (Å²) in [6.07, 6.45) is 3.20. The average molecular weight is 319 g/mol. The molecule has 118 valence electrons. The minimum Gasteiger partial charge on any atom is -0.361 e. The van der Waals surface area contributed by atoms with Crippen LogP contribution < -0.4 is 5.32 Å². The fraction of sp³-hybridized carbons (Fsp3) is 0.158. The van der Waals surface area contributed by atoms with Crippen LogP contribution in [0.15, 0.2) is 48.7 Å². The minimum atomic E-state index is -0.658. The monoisotopic (exact) mass is 319 g/mol. The predicted molar refractivity (Wildman–Crippen MR) is 89.0 cm³/mol. The van der Waals surface area contributed by atoms with E-state index in [4.69, 9.17) is 5.26 Å². The van der Waals surface area contributed by atoms with Crippen molar-refractivity contribution in [1.29, 1.82) is 5.26 Å². The fourth-order valence-corrected chi connectivity index (χ4v) is 3.16. The van der Waals surface area contributed by atoms with E-state index in [1.165, 1.54) is 12.1 Å². The Labute approximate surface area is 137 Å². The average Bonchev–Trinajstić information content (AvgIpc) is 3.30. The van der Waals surface area contributed by atoms with Crippen LogP contribution in [0, 0.1) is 17.1 Å². The van der Waals surface area contributed by atoms with Crippen LogP contribution in [0.4, 0.5) is 10.1 Å². The highest BCUT2D eigenvalue weighted by atomic mass is 19.1. The number of carbonyl (C=O) groups excluding carboxylic acids is 1. The van der Waals surface area contributed by atoms with Crippen molar-refractivity contribution < 1.29 is 9.18 Å². The number of halogens is 1. The van der Waals surface area contributed by atoms with Gasteiger partial charge in [0.1, 0.15) is 11.9 Å². The van der Waals surface area contributed by atoms with Gasteiger partial charge in [-0.15, -0.1) is 0 Å². The Hall–Kier alpha value is -3.13. The summed E-state index contributed by atoms with van der Waals surface area (Å²) < 4.78 is 13.6. The van der Waals surface area contributed by atoms with Crippen molar-refractivity contribution in [2.75, 3.05) is 5.32 Å². The van der Waals surface area contributed by atoms with E-state index in [2.05, 4.69) is 16.4 Å². The van der Waals surface area contributed by atoms with Crippen LogP contribution in [0.5, 0.6) is 0 Å². The number of rotatable bonds is 3. The number of benzene rings is 2. The molecule has 4 rings (SSSR count). The second kappa shape index (κ2) is 5.20. The van der Waals surface area contributed by atoms with Crippen molar-refractivity contribution in [3.63, 3.8) is 0 Å². The quantitative estimate of drug-likeness (QED) is 0.770.